The summed E-state index contributed by atoms with van der Waals surface area (Å²) in [6.07, 6.45) is 1.02. The van der Waals surface area contributed by atoms with Crippen LogP contribution in [0.4, 0.5) is 10.1 Å². The largest absolute Gasteiger partial charge is 0.350 e. The number of rotatable bonds is 6. The van der Waals surface area contributed by atoms with Crippen LogP contribution in [0.1, 0.15) is 12.5 Å². The standard InChI is InChI=1S/C21H21FN2O3S/c1-15(24(28(2,26)27)20-11-9-19(22)10-12-20)21(25)23-14-16-7-8-17-5-3-4-6-18(17)13-16/h3-13,15H,14H2,1-2H3,(H,23,25)/t15-/m1/s1. The summed E-state index contributed by atoms with van der Waals surface area (Å²) in [5.41, 5.74) is 1.14. The molecule has 0 spiro atoms. The van der Waals surface area contributed by atoms with Gasteiger partial charge in [0.2, 0.25) is 15.9 Å². The lowest BCUT2D eigenvalue weighted by Crippen LogP contribution is -2.47. The van der Waals surface area contributed by atoms with Gasteiger partial charge in [0.25, 0.3) is 0 Å². The predicted octanol–water partition coefficient (Wildman–Crippen LogP) is 3.45. The number of halogens is 1. The molecular weight excluding hydrogens is 379 g/mol. The molecule has 0 bridgehead atoms. The van der Waals surface area contributed by atoms with Crippen molar-refractivity contribution in [2.45, 2.75) is 19.5 Å². The highest BCUT2D eigenvalue weighted by Crippen LogP contribution is 2.21. The van der Waals surface area contributed by atoms with E-state index in [0.717, 1.165) is 39.0 Å². The summed E-state index contributed by atoms with van der Waals surface area (Å²) in [5, 5.41) is 4.94. The fourth-order valence-corrected chi connectivity index (χ4v) is 4.26. The minimum absolute atomic E-state index is 0.234. The molecule has 0 saturated heterocycles. The summed E-state index contributed by atoms with van der Waals surface area (Å²) in [6.45, 7) is 1.77. The Kier molecular flexibility index (Phi) is 5.65. The molecule has 0 aliphatic rings. The van der Waals surface area contributed by atoms with Crippen molar-refractivity contribution in [1.29, 1.82) is 0 Å². The number of sulfonamides is 1. The van der Waals surface area contributed by atoms with Gasteiger partial charge in [-0.3, -0.25) is 9.10 Å². The first kappa shape index (κ1) is 19.8. The highest BCUT2D eigenvalue weighted by molar-refractivity contribution is 7.92. The zero-order valence-corrected chi connectivity index (χ0v) is 16.4. The van der Waals surface area contributed by atoms with Crippen LogP contribution in [0.15, 0.2) is 66.7 Å². The number of carbonyl (C=O) groups excluding carboxylic acids is 1. The smallest absolute Gasteiger partial charge is 0.243 e. The second kappa shape index (κ2) is 7.98. The van der Waals surface area contributed by atoms with Crippen molar-refractivity contribution in [3.63, 3.8) is 0 Å². The van der Waals surface area contributed by atoms with Gasteiger partial charge in [0.1, 0.15) is 11.9 Å². The minimum Gasteiger partial charge on any atom is -0.350 e. The zero-order chi connectivity index (χ0) is 20.3. The van der Waals surface area contributed by atoms with Crippen molar-refractivity contribution < 1.29 is 17.6 Å². The Morgan fingerprint density at radius 2 is 1.68 bits per heavy atom. The monoisotopic (exact) mass is 400 g/mol. The van der Waals surface area contributed by atoms with E-state index in [1.165, 1.54) is 19.1 Å². The van der Waals surface area contributed by atoms with Crippen molar-refractivity contribution in [1.82, 2.24) is 5.32 Å². The molecule has 0 heterocycles. The second-order valence-corrected chi connectivity index (χ2v) is 8.47. The van der Waals surface area contributed by atoms with E-state index in [4.69, 9.17) is 0 Å². The summed E-state index contributed by atoms with van der Waals surface area (Å²) in [7, 11) is -3.74. The SMILES string of the molecule is C[C@H](C(=O)NCc1ccc2ccccc2c1)N(c1ccc(F)cc1)S(C)(=O)=O. The Morgan fingerprint density at radius 3 is 2.32 bits per heavy atom. The molecule has 28 heavy (non-hydrogen) atoms. The molecule has 5 nitrogen and oxygen atoms in total. The number of anilines is 1. The van der Waals surface area contributed by atoms with Crippen molar-refractivity contribution in [3.05, 3.63) is 78.1 Å². The van der Waals surface area contributed by atoms with Crippen molar-refractivity contribution in [2.24, 2.45) is 0 Å². The molecule has 1 N–H and O–H groups in total. The second-order valence-electron chi connectivity index (χ2n) is 6.61. The van der Waals surface area contributed by atoms with E-state index in [1.54, 1.807) is 0 Å². The van der Waals surface area contributed by atoms with Crippen LogP contribution in [0.2, 0.25) is 0 Å². The van der Waals surface area contributed by atoms with Gasteiger partial charge in [0.15, 0.2) is 0 Å². The molecular formula is C21H21FN2O3S. The highest BCUT2D eigenvalue weighted by Gasteiger charge is 2.28. The van der Waals surface area contributed by atoms with Crippen molar-refractivity contribution in [2.75, 3.05) is 10.6 Å². The fraction of sp³-hybridized carbons (Fsp3) is 0.190. The van der Waals surface area contributed by atoms with E-state index in [0.29, 0.717) is 0 Å². The zero-order valence-electron chi connectivity index (χ0n) is 15.6. The Bertz CT molecular complexity index is 1100. The van der Waals surface area contributed by atoms with Crippen LogP contribution in [0.5, 0.6) is 0 Å². The molecule has 0 radical (unpaired) electrons. The maximum atomic E-state index is 13.2. The first-order valence-corrected chi connectivity index (χ1v) is 10.6. The third-order valence-corrected chi connectivity index (χ3v) is 5.69. The van der Waals surface area contributed by atoms with E-state index in [-0.39, 0.29) is 12.2 Å². The molecule has 0 fully saturated rings. The molecule has 3 rings (SSSR count). The van der Waals surface area contributed by atoms with E-state index >= 15 is 0 Å². The number of nitrogens with zero attached hydrogens (tertiary/aromatic N) is 1. The number of hydrogen-bond donors (Lipinski definition) is 1. The average molecular weight is 400 g/mol. The molecule has 0 aliphatic heterocycles. The molecule has 3 aromatic rings. The van der Waals surface area contributed by atoms with E-state index < -0.39 is 27.8 Å². The van der Waals surface area contributed by atoms with E-state index in [9.17, 15) is 17.6 Å². The molecule has 146 valence electrons. The first-order chi connectivity index (χ1) is 13.3. The average Bonchev–Trinajstić information content (AvgIpc) is 2.66. The number of carbonyl (C=O) groups is 1. The van der Waals surface area contributed by atoms with Gasteiger partial charge in [-0.2, -0.15) is 0 Å². The molecule has 1 amide bonds. The molecule has 0 unspecified atom stereocenters. The topological polar surface area (TPSA) is 66.5 Å². The number of fused-ring (bicyclic) bond motifs is 1. The Labute approximate surface area is 163 Å². The summed E-state index contributed by atoms with van der Waals surface area (Å²) in [6, 6.07) is 17.8. The van der Waals surface area contributed by atoms with Gasteiger partial charge >= 0.3 is 0 Å². The Balaban J connectivity index is 1.76. The van der Waals surface area contributed by atoms with Crippen molar-refractivity contribution >= 4 is 32.4 Å². The molecule has 0 saturated carbocycles. The van der Waals surface area contributed by atoms with Gasteiger partial charge in [-0.15, -0.1) is 0 Å². The van der Waals surface area contributed by atoms with Gasteiger partial charge in [-0.1, -0.05) is 36.4 Å². The van der Waals surface area contributed by atoms with Gasteiger partial charge in [0.05, 0.1) is 11.9 Å². The number of benzene rings is 3. The molecule has 0 aliphatic carbocycles. The summed E-state index contributed by atoms with van der Waals surface area (Å²) >= 11 is 0. The van der Waals surface area contributed by atoms with Crippen LogP contribution in [0.3, 0.4) is 0 Å². The van der Waals surface area contributed by atoms with Crippen LogP contribution in [-0.4, -0.2) is 26.6 Å². The van der Waals surface area contributed by atoms with Crippen LogP contribution in [0.25, 0.3) is 10.8 Å². The fourth-order valence-electron chi connectivity index (χ4n) is 3.08. The van der Waals surface area contributed by atoms with Crippen LogP contribution >= 0.6 is 0 Å². The number of nitrogens with one attached hydrogen (secondary N) is 1. The lowest BCUT2D eigenvalue weighted by molar-refractivity contribution is -0.122. The van der Waals surface area contributed by atoms with Crippen LogP contribution in [0, 0.1) is 5.82 Å². The van der Waals surface area contributed by atoms with Crippen LogP contribution in [-0.2, 0) is 21.4 Å². The highest BCUT2D eigenvalue weighted by atomic mass is 32.2. The lowest BCUT2D eigenvalue weighted by atomic mass is 10.1. The van der Waals surface area contributed by atoms with Crippen molar-refractivity contribution in [3.8, 4) is 0 Å². The molecule has 7 heteroatoms. The maximum Gasteiger partial charge on any atom is 0.243 e. The first-order valence-electron chi connectivity index (χ1n) is 8.76. The summed E-state index contributed by atoms with van der Waals surface area (Å²) in [5.74, 6) is -0.923. The number of amides is 1. The third-order valence-electron chi connectivity index (χ3n) is 4.45. The summed E-state index contributed by atoms with van der Waals surface area (Å²) < 4.78 is 38.6. The quantitative estimate of drug-likeness (QED) is 0.689. The van der Waals surface area contributed by atoms with E-state index in [1.807, 2.05) is 42.5 Å². The van der Waals surface area contributed by atoms with E-state index in [2.05, 4.69) is 5.32 Å². The Morgan fingerprint density at radius 1 is 1.04 bits per heavy atom. The normalized spacial score (nSPS) is 12.5. The maximum absolute atomic E-state index is 13.2. The number of hydrogen-bond acceptors (Lipinski definition) is 3. The molecule has 3 aromatic carbocycles. The molecule has 1 atom stereocenters. The molecule has 0 aromatic heterocycles. The minimum atomic E-state index is -3.74. The Hall–Kier alpha value is -2.93. The van der Waals surface area contributed by atoms with Gasteiger partial charge in [-0.05, 0) is 53.6 Å². The lowest BCUT2D eigenvalue weighted by Gasteiger charge is -2.28. The van der Waals surface area contributed by atoms with Gasteiger partial charge in [0, 0.05) is 6.54 Å². The third kappa shape index (κ3) is 4.48. The summed E-state index contributed by atoms with van der Waals surface area (Å²) in [4.78, 5) is 12.6. The van der Waals surface area contributed by atoms with Crippen LogP contribution < -0.4 is 9.62 Å². The van der Waals surface area contributed by atoms with Gasteiger partial charge in [-0.25, -0.2) is 12.8 Å². The van der Waals surface area contributed by atoms with Gasteiger partial charge < -0.3 is 5.32 Å². The predicted molar refractivity (Wildman–Crippen MR) is 109 cm³/mol.